The predicted molar refractivity (Wildman–Crippen MR) is 87.4 cm³/mol. The van der Waals surface area contributed by atoms with E-state index in [0.29, 0.717) is 12.1 Å². The van der Waals surface area contributed by atoms with Crippen LogP contribution < -0.4 is 9.67 Å². The molecular formula is C19H22N2O4. The second-order valence-corrected chi connectivity index (χ2v) is 6.88. The molecule has 4 atom stereocenters. The normalized spacial score (nSPS) is 27.2. The van der Waals surface area contributed by atoms with E-state index in [1.165, 1.54) is 4.90 Å². The fourth-order valence-electron chi connectivity index (χ4n) is 3.91. The number of pyridine rings is 1. The third-order valence-electron chi connectivity index (χ3n) is 5.03. The molecule has 0 bridgehead atoms. The molecule has 1 fully saturated rings. The first-order valence-corrected chi connectivity index (χ1v) is 8.40. The minimum atomic E-state index is -1.35. The number of aliphatic hydroxyl groups excluding tert-OH is 1. The van der Waals surface area contributed by atoms with Crippen molar-refractivity contribution in [2.45, 2.75) is 39.5 Å². The zero-order valence-corrected chi connectivity index (χ0v) is 14.5. The van der Waals surface area contributed by atoms with E-state index in [9.17, 15) is 19.8 Å². The highest BCUT2D eigenvalue weighted by atomic mass is 16.4. The Kier molecular flexibility index (Phi) is 4.47. The summed E-state index contributed by atoms with van der Waals surface area (Å²) in [6, 6.07) is 5.46. The summed E-state index contributed by atoms with van der Waals surface area (Å²) in [6.07, 6.45) is 4.90. The largest absolute Gasteiger partial charge is 0.543 e. The van der Waals surface area contributed by atoms with Gasteiger partial charge < -0.3 is 19.9 Å². The number of carboxylic acid groups (broad SMARTS) is 1. The number of allylic oxidation sites excluding steroid dienone is 2. The van der Waals surface area contributed by atoms with Gasteiger partial charge in [0.25, 0.3) is 0 Å². The number of fused-ring (bicyclic) bond motifs is 1. The maximum absolute atomic E-state index is 12.3. The molecule has 1 aromatic rings. The number of aliphatic carboxylic acids is 1. The fourth-order valence-corrected chi connectivity index (χ4v) is 3.91. The number of carbonyl (C=O) groups excluding carboxylic acids is 2. The van der Waals surface area contributed by atoms with Crippen molar-refractivity contribution in [2.24, 2.45) is 11.8 Å². The molecule has 3 rings (SSSR count). The lowest BCUT2D eigenvalue weighted by atomic mass is 9.77. The Labute approximate surface area is 146 Å². The van der Waals surface area contributed by atoms with Crippen LogP contribution in [0.4, 0.5) is 0 Å². The third-order valence-corrected chi connectivity index (χ3v) is 5.03. The molecule has 0 aromatic carbocycles. The fraction of sp³-hybridized carbons (Fsp3) is 0.421. The van der Waals surface area contributed by atoms with Crippen molar-refractivity contribution in [1.82, 2.24) is 4.90 Å². The zero-order chi connectivity index (χ0) is 18.3. The number of β-lactam (4-membered cyclic amide) rings is 1. The molecule has 6 heteroatoms. The summed E-state index contributed by atoms with van der Waals surface area (Å²) in [5.41, 5.74) is 1.51. The van der Waals surface area contributed by atoms with Gasteiger partial charge in [-0.1, -0.05) is 19.1 Å². The number of carbonyl (C=O) groups is 2. The Morgan fingerprint density at radius 1 is 1.40 bits per heavy atom. The second-order valence-electron chi connectivity index (χ2n) is 6.88. The van der Waals surface area contributed by atoms with Crippen molar-refractivity contribution in [3.63, 3.8) is 0 Å². The second kappa shape index (κ2) is 6.44. The summed E-state index contributed by atoms with van der Waals surface area (Å²) in [6.45, 7) is 6.01. The standard InChI is InChI=1S/C19H22N2O4/c1-11(10-20-7-5-4-6-8-20)9-14-12(2)16-15(13(3)22)18(23)21(16)17(14)19(24)25/h4-9,12-13,15-16,22H,10H2,1-3H3/b11-9+/t12-,13+,15+,16+/m0/s1. The molecule has 3 heterocycles. The van der Waals surface area contributed by atoms with Crippen molar-refractivity contribution in [3.05, 3.63) is 53.5 Å². The van der Waals surface area contributed by atoms with Crippen LogP contribution >= 0.6 is 0 Å². The highest BCUT2D eigenvalue weighted by molar-refractivity contribution is 5.99. The topological polar surface area (TPSA) is 84.5 Å². The molecule has 1 N–H and O–H groups in total. The first kappa shape index (κ1) is 17.4. The van der Waals surface area contributed by atoms with E-state index in [1.807, 2.05) is 55.1 Å². The number of hydrogen-bond acceptors (Lipinski definition) is 4. The van der Waals surface area contributed by atoms with Crippen molar-refractivity contribution in [3.8, 4) is 0 Å². The van der Waals surface area contributed by atoms with E-state index in [1.54, 1.807) is 6.92 Å². The van der Waals surface area contributed by atoms with Gasteiger partial charge in [-0.15, -0.1) is 0 Å². The number of amides is 1. The quantitative estimate of drug-likeness (QED) is 0.592. The number of aliphatic hydroxyl groups is 1. The molecule has 1 saturated heterocycles. The van der Waals surface area contributed by atoms with Gasteiger partial charge in [0.1, 0.15) is 0 Å². The molecule has 0 saturated carbocycles. The average Bonchev–Trinajstić information content (AvgIpc) is 2.77. The number of hydrogen-bond donors (Lipinski definition) is 1. The molecule has 6 nitrogen and oxygen atoms in total. The van der Waals surface area contributed by atoms with Gasteiger partial charge >= 0.3 is 0 Å². The van der Waals surface area contributed by atoms with Gasteiger partial charge in [0.05, 0.1) is 29.7 Å². The Hall–Kier alpha value is -2.47. The smallest absolute Gasteiger partial charge is 0.235 e. The van der Waals surface area contributed by atoms with Gasteiger partial charge in [0.15, 0.2) is 18.9 Å². The molecule has 2 aliphatic rings. The minimum Gasteiger partial charge on any atom is -0.543 e. The van der Waals surface area contributed by atoms with E-state index in [4.69, 9.17) is 0 Å². The lowest BCUT2D eigenvalue weighted by Gasteiger charge is -2.47. The monoisotopic (exact) mass is 342 g/mol. The number of rotatable bonds is 5. The molecule has 1 aromatic heterocycles. The molecule has 0 spiro atoms. The number of carboxylic acids is 1. The third kappa shape index (κ3) is 2.87. The predicted octanol–water partition coefficient (Wildman–Crippen LogP) is -0.218. The molecule has 132 valence electrons. The van der Waals surface area contributed by atoms with Crippen LogP contribution in [-0.4, -0.2) is 34.0 Å². The minimum absolute atomic E-state index is 0.0585. The molecule has 0 aliphatic carbocycles. The van der Waals surface area contributed by atoms with E-state index < -0.39 is 18.0 Å². The summed E-state index contributed by atoms with van der Waals surface area (Å²) in [5, 5.41) is 21.5. The van der Waals surface area contributed by atoms with Crippen LogP contribution in [0.15, 0.2) is 53.5 Å². The van der Waals surface area contributed by atoms with Crippen molar-refractivity contribution >= 4 is 11.9 Å². The molecule has 25 heavy (non-hydrogen) atoms. The van der Waals surface area contributed by atoms with Gasteiger partial charge in [0.2, 0.25) is 5.91 Å². The molecule has 0 unspecified atom stereocenters. The van der Waals surface area contributed by atoms with Crippen LogP contribution in [0.5, 0.6) is 0 Å². The van der Waals surface area contributed by atoms with Crippen LogP contribution in [0.2, 0.25) is 0 Å². The van der Waals surface area contributed by atoms with Gasteiger partial charge in [-0.25, -0.2) is 4.57 Å². The first-order chi connectivity index (χ1) is 11.8. The maximum atomic E-state index is 12.3. The lowest BCUT2D eigenvalue weighted by Crippen LogP contribution is -2.64. The average molecular weight is 342 g/mol. The van der Waals surface area contributed by atoms with Gasteiger partial charge in [-0.2, -0.15) is 0 Å². The summed E-state index contributed by atoms with van der Waals surface area (Å²) in [4.78, 5) is 25.2. The summed E-state index contributed by atoms with van der Waals surface area (Å²) < 4.78 is 1.99. The van der Waals surface area contributed by atoms with E-state index >= 15 is 0 Å². The Balaban J connectivity index is 1.92. The van der Waals surface area contributed by atoms with Crippen LogP contribution in [0.1, 0.15) is 20.8 Å². The zero-order valence-electron chi connectivity index (χ0n) is 14.5. The maximum Gasteiger partial charge on any atom is 0.235 e. The van der Waals surface area contributed by atoms with Crippen LogP contribution in [0.25, 0.3) is 0 Å². The molecule has 0 radical (unpaired) electrons. The Morgan fingerprint density at radius 3 is 2.60 bits per heavy atom. The highest BCUT2D eigenvalue weighted by Gasteiger charge is 2.58. The van der Waals surface area contributed by atoms with E-state index in [0.717, 1.165) is 5.57 Å². The summed E-state index contributed by atoms with van der Waals surface area (Å²) in [7, 11) is 0. The highest BCUT2D eigenvalue weighted by Crippen LogP contribution is 2.47. The number of aromatic nitrogens is 1. The Morgan fingerprint density at radius 2 is 2.04 bits per heavy atom. The molecule has 2 aliphatic heterocycles. The number of nitrogens with zero attached hydrogens (tertiary/aromatic N) is 2. The summed E-state index contributed by atoms with van der Waals surface area (Å²) in [5.74, 6) is -2.41. The van der Waals surface area contributed by atoms with Crippen molar-refractivity contribution in [2.75, 3.05) is 0 Å². The van der Waals surface area contributed by atoms with E-state index in [2.05, 4.69) is 0 Å². The van der Waals surface area contributed by atoms with Crippen LogP contribution in [-0.2, 0) is 16.1 Å². The van der Waals surface area contributed by atoms with Gasteiger partial charge in [0, 0.05) is 18.1 Å². The van der Waals surface area contributed by atoms with Crippen LogP contribution in [0, 0.1) is 11.8 Å². The molecular weight excluding hydrogens is 320 g/mol. The SMILES string of the molecule is C/C(=C\C1=C(C(=O)[O-])N2C(=O)[C@H]([C@@H](C)O)[C@H]2[C@H]1C)C[n+]1ccccc1. The first-order valence-electron chi connectivity index (χ1n) is 8.40. The van der Waals surface area contributed by atoms with Gasteiger partial charge in [-0.3, -0.25) is 4.79 Å². The van der Waals surface area contributed by atoms with Gasteiger partial charge in [-0.05, 0) is 25.0 Å². The van der Waals surface area contributed by atoms with Crippen molar-refractivity contribution in [1.29, 1.82) is 0 Å². The van der Waals surface area contributed by atoms with E-state index in [-0.39, 0.29) is 23.6 Å². The Bertz CT molecular complexity index is 767. The summed E-state index contributed by atoms with van der Waals surface area (Å²) >= 11 is 0. The lowest BCUT2D eigenvalue weighted by molar-refractivity contribution is -0.689. The van der Waals surface area contributed by atoms with Crippen molar-refractivity contribution < 1.29 is 24.4 Å². The van der Waals surface area contributed by atoms with Crippen LogP contribution in [0.3, 0.4) is 0 Å². The molecule has 1 amide bonds.